The Bertz CT molecular complexity index is 27.2. The molecule has 1 N–H and O–H groups in total. The van der Waals surface area contributed by atoms with Crippen molar-refractivity contribution in [2.45, 2.75) is 28.2 Å². The van der Waals surface area contributed by atoms with Gasteiger partial charge in [0.2, 0.25) is 0 Å². The van der Waals surface area contributed by atoms with Crippen LogP contribution in [0.15, 0.2) is 12.3 Å². The summed E-state index contributed by atoms with van der Waals surface area (Å²) in [4.78, 5) is 0. The van der Waals surface area contributed by atoms with E-state index in [2.05, 4.69) is 6.58 Å². The highest BCUT2D eigenvalue weighted by atomic mass is 16.3. The molecule has 0 aliphatic carbocycles. The zero-order valence-corrected chi connectivity index (χ0v) is 4.65. The molecule has 46 valence electrons. The lowest BCUT2D eigenvalue weighted by Crippen LogP contribution is -1.54. The van der Waals surface area contributed by atoms with Gasteiger partial charge in [-0.1, -0.05) is 27.9 Å². The van der Waals surface area contributed by atoms with Gasteiger partial charge >= 0.3 is 0 Å². The molecule has 0 aliphatic rings. The first kappa shape index (κ1) is 16.0. The third kappa shape index (κ3) is 328. The molecule has 0 saturated heterocycles. The Labute approximate surface area is 46.7 Å². The Balaban J connectivity index is -0.0000000480. The topological polar surface area (TPSA) is 20.2 Å². The van der Waals surface area contributed by atoms with Crippen molar-refractivity contribution in [1.82, 2.24) is 0 Å². The molecule has 0 bridgehead atoms. The Morgan fingerprint density at radius 1 is 1.43 bits per heavy atom. The van der Waals surface area contributed by atoms with Gasteiger partial charge in [0.15, 0.2) is 0 Å². The van der Waals surface area contributed by atoms with Crippen LogP contribution in [0.25, 0.3) is 0 Å². The van der Waals surface area contributed by atoms with E-state index in [1.807, 2.05) is 13.8 Å². The van der Waals surface area contributed by atoms with Crippen LogP contribution in [0.4, 0.5) is 0 Å². The maximum Gasteiger partial charge on any atom is 0.0820 e. The van der Waals surface area contributed by atoms with Gasteiger partial charge in [0.25, 0.3) is 0 Å². The van der Waals surface area contributed by atoms with E-state index in [1.54, 1.807) is 0 Å². The Morgan fingerprint density at radius 2 is 1.43 bits per heavy atom. The summed E-state index contributed by atoms with van der Waals surface area (Å²) in [5.74, 6) is 0.167. The second-order valence-corrected chi connectivity index (χ2v) is 0.735. The van der Waals surface area contributed by atoms with Crippen LogP contribution in [0.2, 0.25) is 0 Å². The predicted octanol–water partition coefficient (Wildman–Crippen LogP) is 2.74. The van der Waals surface area contributed by atoms with Gasteiger partial charge in [-0.25, -0.2) is 0 Å². The number of hydrogen-bond acceptors (Lipinski definition) is 1. The fraction of sp³-hybridized carbons (Fsp3) is 0.667. The van der Waals surface area contributed by atoms with E-state index in [1.165, 1.54) is 6.92 Å². The van der Waals surface area contributed by atoms with E-state index in [4.69, 9.17) is 5.11 Å². The van der Waals surface area contributed by atoms with Gasteiger partial charge in [-0.3, -0.25) is 0 Å². The zero-order chi connectivity index (χ0) is 5.58. The monoisotopic (exact) mass is 104 g/mol. The SMILES string of the molecule is C.C=C(C)O.CC. The van der Waals surface area contributed by atoms with Gasteiger partial charge < -0.3 is 5.11 Å². The molecule has 0 rings (SSSR count). The first-order valence-electron chi connectivity index (χ1n) is 2.08. The fourth-order valence-electron chi connectivity index (χ4n) is 0. The highest BCUT2D eigenvalue weighted by Crippen LogP contribution is 1.66. The van der Waals surface area contributed by atoms with Crippen LogP contribution in [0.5, 0.6) is 0 Å². The van der Waals surface area contributed by atoms with Crippen molar-refractivity contribution in [3.05, 3.63) is 12.3 Å². The first-order valence-corrected chi connectivity index (χ1v) is 2.08. The number of aliphatic hydroxyl groups excluding tert-OH is 1. The van der Waals surface area contributed by atoms with Gasteiger partial charge in [-0.2, -0.15) is 0 Å². The van der Waals surface area contributed by atoms with E-state index in [9.17, 15) is 0 Å². The molecule has 0 amide bonds. The van der Waals surface area contributed by atoms with Gasteiger partial charge in [-0.05, 0) is 6.92 Å². The van der Waals surface area contributed by atoms with Crippen LogP contribution in [-0.4, -0.2) is 5.11 Å². The van der Waals surface area contributed by atoms with Crippen molar-refractivity contribution >= 4 is 0 Å². The summed E-state index contributed by atoms with van der Waals surface area (Å²) in [5, 5.41) is 7.86. The number of hydrogen-bond donors (Lipinski definition) is 1. The fourth-order valence-corrected chi connectivity index (χ4v) is 0. The van der Waals surface area contributed by atoms with Gasteiger partial charge in [0.05, 0.1) is 5.76 Å². The summed E-state index contributed by atoms with van der Waals surface area (Å²) < 4.78 is 0. The number of rotatable bonds is 0. The highest BCUT2D eigenvalue weighted by Gasteiger charge is 1.53. The molecule has 0 saturated carbocycles. The molecule has 0 radical (unpaired) electrons. The van der Waals surface area contributed by atoms with Crippen LogP contribution in [0.1, 0.15) is 28.2 Å². The molecular weight excluding hydrogens is 88.1 g/mol. The minimum atomic E-state index is 0. The van der Waals surface area contributed by atoms with Crippen molar-refractivity contribution in [2.75, 3.05) is 0 Å². The van der Waals surface area contributed by atoms with E-state index >= 15 is 0 Å². The molecule has 0 spiro atoms. The lowest BCUT2D eigenvalue weighted by molar-refractivity contribution is 0.417. The Hall–Kier alpha value is -0.460. The minimum absolute atomic E-state index is 0. The second-order valence-electron chi connectivity index (χ2n) is 0.735. The smallest absolute Gasteiger partial charge is 0.0820 e. The van der Waals surface area contributed by atoms with Crippen molar-refractivity contribution < 1.29 is 5.11 Å². The largest absolute Gasteiger partial charge is 0.513 e. The average Bonchev–Trinajstić information content (AvgIpc) is 1.41. The van der Waals surface area contributed by atoms with Gasteiger partial charge in [0.1, 0.15) is 0 Å². The predicted molar refractivity (Wildman–Crippen MR) is 35.5 cm³/mol. The first-order chi connectivity index (χ1) is 2.73. The van der Waals surface area contributed by atoms with Crippen molar-refractivity contribution in [3.63, 3.8) is 0 Å². The molecule has 0 unspecified atom stereocenters. The van der Waals surface area contributed by atoms with Crippen LogP contribution >= 0.6 is 0 Å². The zero-order valence-electron chi connectivity index (χ0n) is 4.65. The molecule has 0 aromatic carbocycles. The number of aliphatic hydroxyl groups is 1. The van der Waals surface area contributed by atoms with E-state index in [0.717, 1.165) is 0 Å². The van der Waals surface area contributed by atoms with Crippen LogP contribution in [0, 0.1) is 0 Å². The summed E-state index contributed by atoms with van der Waals surface area (Å²) in [6.45, 7) is 8.64. The quantitative estimate of drug-likeness (QED) is 0.468. The summed E-state index contributed by atoms with van der Waals surface area (Å²) in [7, 11) is 0. The highest BCUT2D eigenvalue weighted by molar-refractivity contribution is 4.67. The summed E-state index contributed by atoms with van der Waals surface area (Å²) in [5.41, 5.74) is 0. The van der Waals surface area contributed by atoms with Crippen LogP contribution < -0.4 is 0 Å². The molecule has 7 heavy (non-hydrogen) atoms. The normalized spacial score (nSPS) is 4.43. The van der Waals surface area contributed by atoms with Crippen molar-refractivity contribution in [1.29, 1.82) is 0 Å². The second kappa shape index (κ2) is 17.7. The minimum Gasteiger partial charge on any atom is -0.513 e. The van der Waals surface area contributed by atoms with E-state index in [0.29, 0.717) is 0 Å². The molecule has 0 aromatic heterocycles. The van der Waals surface area contributed by atoms with Crippen molar-refractivity contribution in [3.8, 4) is 0 Å². The molecule has 0 heterocycles. The van der Waals surface area contributed by atoms with Gasteiger partial charge in [0, 0.05) is 0 Å². The summed E-state index contributed by atoms with van der Waals surface area (Å²) in [6, 6.07) is 0. The molecular formula is C6H16O. The summed E-state index contributed by atoms with van der Waals surface area (Å²) in [6.07, 6.45) is 0. The van der Waals surface area contributed by atoms with E-state index < -0.39 is 0 Å². The third-order valence-electron chi connectivity index (χ3n) is 0. The molecule has 1 nitrogen and oxygen atoms in total. The molecule has 0 aromatic rings. The maximum absolute atomic E-state index is 7.86. The van der Waals surface area contributed by atoms with Crippen LogP contribution in [0.3, 0.4) is 0 Å². The standard InChI is InChI=1S/C3H6O.C2H6.CH4/c1-3(2)4;1-2;/h4H,1H2,2H3;1-2H3;1H4. The average molecular weight is 104 g/mol. The van der Waals surface area contributed by atoms with Crippen molar-refractivity contribution in [2.24, 2.45) is 0 Å². The third-order valence-corrected chi connectivity index (χ3v) is 0. The van der Waals surface area contributed by atoms with Gasteiger partial charge in [-0.15, -0.1) is 0 Å². The lowest BCUT2D eigenvalue weighted by atomic mass is 10.7. The Kier molecular flexibility index (Phi) is 40.5. The number of allylic oxidation sites excluding steroid dienone is 1. The Morgan fingerprint density at radius 3 is 1.43 bits per heavy atom. The molecule has 0 atom stereocenters. The molecule has 0 fully saturated rings. The molecule has 1 heteroatoms. The lowest BCUT2D eigenvalue weighted by Gasteiger charge is -1.68. The van der Waals surface area contributed by atoms with E-state index in [-0.39, 0.29) is 13.2 Å². The summed E-state index contributed by atoms with van der Waals surface area (Å²) >= 11 is 0. The van der Waals surface area contributed by atoms with Crippen LogP contribution in [-0.2, 0) is 0 Å². The molecule has 0 aliphatic heterocycles. The maximum atomic E-state index is 7.86.